The Balaban J connectivity index is 2.09. The number of hydrogen-bond donors (Lipinski definition) is 5. The van der Waals surface area contributed by atoms with Crippen LogP contribution in [0.4, 0.5) is 5.69 Å². The molecule has 0 spiro atoms. The predicted octanol–water partition coefficient (Wildman–Crippen LogP) is 1.67. The minimum absolute atomic E-state index is 0.00395. The molecule has 1 aromatic heterocycles. The normalized spacial score (nSPS) is 11.3. The third kappa shape index (κ3) is 3.43. The van der Waals surface area contributed by atoms with Gasteiger partial charge in [-0.2, -0.15) is 0 Å². The number of fused-ring (bicyclic) bond motifs is 2. The molecule has 0 aliphatic rings. The highest BCUT2D eigenvalue weighted by molar-refractivity contribution is 5.98. The third-order valence-electron chi connectivity index (χ3n) is 3.96. The number of rotatable bonds is 7. The first-order valence-electron chi connectivity index (χ1n) is 8.17. The Bertz CT molecular complexity index is 952. The zero-order chi connectivity index (χ0) is 17.8. The van der Waals surface area contributed by atoms with Gasteiger partial charge in [0.25, 0.3) is 0 Å². The number of aliphatic hydroxyl groups excluding tert-OH is 1. The van der Waals surface area contributed by atoms with Crippen LogP contribution in [-0.4, -0.2) is 29.8 Å². The van der Waals surface area contributed by atoms with Crippen molar-refractivity contribution in [3.05, 3.63) is 46.1 Å². The van der Waals surface area contributed by atoms with Crippen LogP contribution in [0.15, 0.2) is 39.5 Å². The molecule has 0 radical (unpaired) electrons. The van der Waals surface area contributed by atoms with E-state index in [2.05, 4.69) is 16.2 Å². The van der Waals surface area contributed by atoms with E-state index in [-0.39, 0.29) is 17.8 Å². The van der Waals surface area contributed by atoms with Crippen LogP contribution >= 0.6 is 0 Å². The highest BCUT2D eigenvalue weighted by atomic mass is 16.3. The molecule has 25 heavy (non-hydrogen) atoms. The molecule has 0 atom stereocenters. The number of phenols is 1. The van der Waals surface area contributed by atoms with Gasteiger partial charge >= 0.3 is 0 Å². The lowest BCUT2D eigenvalue weighted by Gasteiger charge is -2.13. The molecule has 2 aromatic carbocycles. The molecule has 0 amide bonds. The molecule has 3 aromatic rings. The summed E-state index contributed by atoms with van der Waals surface area (Å²) in [4.78, 5) is 12.9. The molecular formula is C18H21N3O4. The van der Waals surface area contributed by atoms with Crippen molar-refractivity contribution in [3.8, 4) is 5.75 Å². The number of nitrogens with one attached hydrogen (secondary N) is 3. The van der Waals surface area contributed by atoms with Crippen LogP contribution in [0, 0.1) is 0 Å². The van der Waals surface area contributed by atoms with Crippen LogP contribution in [0.25, 0.3) is 21.9 Å². The standard InChI is InChI=1S/C18H21N3O4/c1-2-19-7-8-20-21-14-5-3-11(10-22)18-16(14)17(24)13-9-12(23)4-6-15(13)25-18/h3-6,9,19-23H,2,7-8,10H2,1H3. The number of likely N-dealkylation sites (N-methyl/N-ethyl adjacent to an activating group) is 1. The van der Waals surface area contributed by atoms with Gasteiger partial charge in [-0.25, -0.2) is 5.43 Å². The first-order valence-corrected chi connectivity index (χ1v) is 8.17. The molecule has 0 unspecified atom stereocenters. The van der Waals surface area contributed by atoms with Crippen LogP contribution in [0.2, 0.25) is 0 Å². The quantitative estimate of drug-likeness (QED) is 0.252. The SMILES string of the molecule is CCNCCNNc1ccc(CO)c2oc3ccc(O)cc3c(=O)c12. The van der Waals surface area contributed by atoms with Gasteiger partial charge in [0.2, 0.25) is 5.43 Å². The summed E-state index contributed by atoms with van der Waals surface area (Å²) in [7, 11) is 0. The molecule has 7 nitrogen and oxygen atoms in total. The van der Waals surface area contributed by atoms with Crippen LogP contribution in [0.5, 0.6) is 5.75 Å². The number of hydrazine groups is 1. The van der Waals surface area contributed by atoms with Gasteiger partial charge in [-0.1, -0.05) is 13.0 Å². The molecule has 3 rings (SSSR count). The molecule has 5 N–H and O–H groups in total. The van der Waals surface area contributed by atoms with Gasteiger partial charge in [-0.3, -0.25) is 4.79 Å². The van der Waals surface area contributed by atoms with Gasteiger partial charge in [0.1, 0.15) is 16.9 Å². The van der Waals surface area contributed by atoms with E-state index < -0.39 is 0 Å². The molecular weight excluding hydrogens is 322 g/mol. The maximum absolute atomic E-state index is 12.9. The topological polar surface area (TPSA) is 107 Å². The predicted molar refractivity (Wildman–Crippen MR) is 97.7 cm³/mol. The molecule has 0 bridgehead atoms. The Morgan fingerprint density at radius 3 is 2.76 bits per heavy atom. The van der Waals surface area contributed by atoms with Gasteiger partial charge < -0.3 is 25.4 Å². The number of aliphatic hydroxyl groups is 1. The maximum atomic E-state index is 12.9. The van der Waals surface area contributed by atoms with Crippen molar-refractivity contribution in [2.24, 2.45) is 0 Å². The molecule has 0 saturated heterocycles. The van der Waals surface area contributed by atoms with Crippen molar-refractivity contribution in [2.45, 2.75) is 13.5 Å². The van der Waals surface area contributed by atoms with Crippen molar-refractivity contribution in [3.63, 3.8) is 0 Å². The zero-order valence-corrected chi connectivity index (χ0v) is 13.9. The monoisotopic (exact) mass is 343 g/mol. The summed E-state index contributed by atoms with van der Waals surface area (Å²) in [5.74, 6) is -0.00395. The minimum atomic E-state index is -0.265. The summed E-state index contributed by atoms with van der Waals surface area (Å²) in [5, 5.41) is 23.0. The minimum Gasteiger partial charge on any atom is -0.508 e. The van der Waals surface area contributed by atoms with E-state index in [9.17, 15) is 15.0 Å². The van der Waals surface area contributed by atoms with Crippen LogP contribution < -0.4 is 21.6 Å². The average Bonchev–Trinajstić information content (AvgIpc) is 2.62. The van der Waals surface area contributed by atoms with E-state index in [4.69, 9.17) is 4.42 Å². The van der Waals surface area contributed by atoms with Gasteiger partial charge in [-0.05, 0) is 30.8 Å². The Morgan fingerprint density at radius 2 is 2.00 bits per heavy atom. The molecule has 1 heterocycles. The second-order valence-corrected chi connectivity index (χ2v) is 5.65. The number of hydrogen-bond acceptors (Lipinski definition) is 7. The van der Waals surface area contributed by atoms with E-state index in [1.54, 1.807) is 18.2 Å². The Hall–Kier alpha value is -2.61. The zero-order valence-electron chi connectivity index (χ0n) is 13.9. The number of aromatic hydroxyl groups is 1. The summed E-state index contributed by atoms with van der Waals surface area (Å²) in [6.07, 6.45) is 0. The van der Waals surface area contributed by atoms with E-state index in [1.165, 1.54) is 12.1 Å². The van der Waals surface area contributed by atoms with Crippen molar-refractivity contribution >= 4 is 27.6 Å². The fraction of sp³-hybridized carbons (Fsp3) is 0.278. The molecule has 0 aliphatic heterocycles. The lowest BCUT2D eigenvalue weighted by molar-refractivity contribution is 0.282. The number of benzene rings is 2. The highest BCUT2D eigenvalue weighted by Gasteiger charge is 2.15. The van der Waals surface area contributed by atoms with Gasteiger partial charge in [0.05, 0.1) is 23.1 Å². The summed E-state index contributed by atoms with van der Waals surface area (Å²) >= 11 is 0. The molecule has 0 aliphatic carbocycles. The molecule has 0 fully saturated rings. The van der Waals surface area contributed by atoms with Crippen molar-refractivity contribution in [1.29, 1.82) is 0 Å². The first kappa shape index (κ1) is 17.2. The second-order valence-electron chi connectivity index (χ2n) is 5.65. The molecule has 0 saturated carbocycles. The van der Waals surface area contributed by atoms with E-state index in [1.807, 2.05) is 6.92 Å². The fourth-order valence-electron chi connectivity index (χ4n) is 2.71. The second kappa shape index (κ2) is 7.52. The van der Waals surface area contributed by atoms with Gasteiger partial charge in [0, 0.05) is 18.7 Å². The summed E-state index contributed by atoms with van der Waals surface area (Å²) in [6.45, 7) is 4.12. The van der Waals surface area contributed by atoms with E-state index in [0.717, 1.165) is 13.1 Å². The van der Waals surface area contributed by atoms with Crippen molar-refractivity contribution in [2.75, 3.05) is 25.1 Å². The Kier molecular flexibility index (Phi) is 5.18. The van der Waals surface area contributed by atoms with Crippen molar-refractivity contribution in [1.82, 2.24) is 10.7 Å². The lowest BCUT2D eigenvalue weighted by atomic mass is 10.1. The molecule has 132 valence electrons. The number of phenolic OH excluding ortho intramolecular Hbond substituents is 1. The Morgan fingerprint density at radius 1 is 1.16 bits per heavy atom. The maximum Gasteiger partial charge on any atom is 0.202 e. The van der Waals surface area contributed by atoms with E-state index in [0.29, 0.717) is 39.7 Å². The summed E-state index contributed by atoms with van der Waals surface area (Å²) < 4.78 is 5.84. The van der Waals surface area contributed by atoms with Gasteiger partial charge in [0.15, 0.2) is 0 Å². The van der Waals surface area contributed by atoms with Crippen molar-refractivity contribution < 1.29 is 14.6 Å². The molecule has 7 heteroatoms. The van der Waals surface area contributed by atoms with Gasteiger partial charge in [-0.15, -0.1) is 0 Å². The largest absolute Gasteiger partial charge is 0.508 e. The van der Waals surface area contributed by atoms with Crippen LogP contribution in [0.1, 0.15) is 12.5 Å². The number of anilines is 1. The Labute approximate surface area is 144 Å². The van der Waals surface area contributed by atoms with Crippen LogP contribution in [0.3, 0.4) is 0 Å². The summed E-state index contributed by atoms with van der Waals surface area (Å²) in [6, 6.07) is 7.82. The first-order chi connectivity index (χ1) is 12.2. The highest BCUT2D eigenvalue weighted by Crippen LogP contribution is 2.28. The third-order valence-corrected chi connectivity index (χ3v) is 3.96. The fourth-order valence-corrected chi connectivity index (χ4v) is 2.71. The van der Waals surface area contributed by atoms with E-state index >= 15 is 0 Å². The average molecular weight is 343 g/mol. The lowest BCUT2D eigenvalue weighted by Crippen LogP contribution is -2.31. The summed E-state index contributed by atoms with van der Waals surface area (Å²) in [5.41, 5.74) is 7.59. The van der Waals surface area contributed by atoms with Crippen LogP contribution in [-0.2, 0) is 6.61 Å². The smallest absolute Gasteiger partial charge is 0.202 e.